The van der Waals surface area contributed by atoms with Crippen LogP contribution in [-0.4, -0.2) is 47.8 Å². The molecular weight excluding hydrogens is 362 g/mol. The second-order valence-electron chi connectivity index (χ2n) is 6.80. The third-order valence-corrected chi connectivity index (χ3v) is 4.96. The largest absolute Gasteiger partial charge is 0.335 e. The summed E-state index contributed by atoms with van der Waals surface area (Å²) in [6, 6.07) is 16.2. The molecule has 0 radical (unpaired) electrons. The van der Waals surface area contributed by atoms with Gasteiger partial charge in [-0.1, -0.05) is 30.3 Å². The topological polar surface area (TPSA) is 40.6 Å². The van der Waals surface area contributed by atoms with Gasteiger partial charge >= 0.3 is 0 Å². The van der Waals surface area contributed by atoms with Crippen molar-refractivity contribution in [1.82, 2.24) is 9.80 Å². The van der Waals surface area contributed by atoms with E-state index in [0.29, 0.717) is 31.7 Å². The van der Waals surface area contributed by atoms with Crippen molar-refractivity contribution >= 4 is 22.6 Å². The highest BCUT2D eigenvalue weighted by Gasteiger charge is 2.26. The summed E-state index contributed by atoms with van der Waals surface area (Å²) in [5, 5.41) is 2.06. The number of benzene rings is 3. The zero-order chi connectivity index (χ0) is 19.7. The van der Waals surface area contributed by atoms with E-state index in [1.165, 1.54) is 4.90 Å². The predicted molar refractivity (Wildman–Crippen MR) is 102 cm³/mol. The molecule has 1 saturated heterocycles. The predicted octanol–water partition coefficient (Wildman–Crippen LogP) is 3.72. The summed E-state index contributed by atoms with van der Waals surface area (Å²) < 4.78 is 26.7. The van der Waals surface area contributed by atoms with E-state index in [1.54, 1.807) is 11.0 Å². The van der Waals surface area contributed by atoms with Gasteiger partial charge in [0.25, 0.3) is 11.8 Å². The van der Waals surface area contributed by atoms with Gasteiger partial charge in [0.05, 0.1) is 0 Å². The molecule has 28 heavy (non-hydrogen) atoms. The molecular formula is C22H18F2N2O2. The zero-order valence-corrected chi connectivity index (χ0v) is 15.1. The van der Waals surface area contributed by atoms with Crippen molar-refractivity contribution in [3.8, 4) is 0 Å². The van der Waals surface area contributed by atoms with E-state index in [2.05, 4.69) is 0 Å². The maximum absolute atomic E-state index is 13.4. The molecule has 0 N–H and O–H groups in total. The van der Waals surface area contributed by atoms with Crippen molar-refractivity contribution in [2.24, 2.45) is 0 Å². The van der Waals surface area contributed by atoms with Crippen LogP contribution in [0.5, 0.6) is 0 Å². The van der Waals surface area contributed by atoms with Gasteiger partial charge in [0.15, 0.2) is 0 Å². The Morgan fingerprint density at radius 2 is 1.18 bits per heavy atom. The maximum atomic E-state index is 13.4. The number of piperazine rings is 1. The summed E-state index contributed by atoms with van der Waals surface area (Å²) in [5.74, 6) is -2.09. The first-order valence-corrected chi connectivity index (χ1v) is 9.05. The van der Waals surface area contributed by atoms with Crippen molar-refractivity contribution in [2.75, 3.05) is 26.2 Å². The molecule has 4 rings (SSSR count). The van der Waals surface area contributed by atoms with Gasteiger partial charge in [0, 0.05) is 43.4 Å². The van der Waals surface area contributed by atoms with Crippen molar-refractivity contribution in [3.05, 3.63) is 83.4 Å². The Kier molecular flexibility index (Phi) is 4.77. The molecule has 3 aromatic rings. The first-order valence-electron chi connectivity index (χ1n) is 9.05. The molecule has 0 aromatic heterocycles. The minimum Gasteiger partial charge on any atom is -0.335 e. The van der Waals surface area contributed by atoms with E-state index in [-0.39, 0.29) is 11.5 Å². The lowest BCUT2D eigenvalue weighted by atomic mass is 10.1. The number of hydrogen-bond acceptors (Lipinski definition) is 2. The van der Waals surface area contributed by atoms with Gasteiger partial charge < -0.3 is 9.80 Å². The quantitative estimate of drug-likeness (QED) is 0.680. The minimum atomic E-state index is -0.784. The summed E-state index contributed by atoms with van der Waals surface area (Å²) in [4.78, 5) is 28.5. The first kappa shape index (κ1) is 18.1. The van der Waals surface area contributed by atoms with Crippen LogP contribution in [0, 0.1) is 11.6 Å². The van der Waals surface area contributed by atoms with Crippen LogP contribution >= 0.6 is 0 Å². The summed E-state index contributed by atoms with van der Waals surface area (Å²) in [7, 11) is 0. The SMILES string of the molecule is O=C(c1cc(F)cc(F)c1)N1CCN(C(=O)c2ccc3ccccc3c2)CC1. The molecule has 2 amide bonds. The van der Waals surface area contributed by atoms with Crippen LogP contribution < -0.4 is 0 Å². The molecule has 0 bridgehead atoms. The monoisotopic (exact) mass is 380 g/mol. The molecule has 1 heterocycles. The van der Waals surface area contributed by atoms with Gasteiger partial charge in [-0.25, -0.2) is 8.78 Å². The lowest BCUT2D eigenvalue weighted by Gasteiger charge is -2.35. The maximum Gasteiger partial charge on any atom is 0.254 e. The van der Waals surface area contributed by atoms with E-state index in [9.17, 15) is 18.4 Å². The number of rotatable bonds is 2. The van der Waals surface area contributed by atoms with E-state index in [1.807, 2.05) is 36.4 Å². The van der Waals surface area contributed by atoms with Crippen LogP contribution in [0.1, 0.15) is 20.7 Å². The lowest BCUT2D eigenvalue weighted by Crippen LogP contribution is -2.50. The number of amides is 2. The Hall–Kier alpha value is -3.28. The van der Waals surface area contributed by atoms with Crippen molar-refractivity contribution in [3.63, 3.8) is 0 Å². The van der Waals surface area contributed by atoms with Crippen molar-refractivity contribution in [2.45, 2.75) is 0 Å². The van der Waals surface area contributed by atoms with Crippen molar-refractivity contribution in [1.29, 1.82) is 0 Å². The molecule has 1 aliphatic rings. The number of carbonyl (C=O) groups excluding carboxylic acids is 2. The fraction of sp³-hybridized carbons (Fsp3) is 0.182. The number of carbonyl (C=O) groups is 2. The Bertz CT molecular complexity index is 1040. The van der Waals surface area contributed by atoms with E-state index < -0.39 is 17.5 Å². The molecule has 1 fully saturated rings. The lowest BCUT2D eigenvalue weighted by molar-refractivity contribution is 0.0535. The van der Waals surface area contributed by atoms with Gasteiger partial charge in [-0.05, 0) is 35.0 Å². The molecule has 4 nitrogen and oxygen atoms in total. The average Bonchev–Trinajstić information content (AvgIpc) is 2.72. The Morgan fingerprint density at radius 1 is 0.643 bits per heavy atom. The van der Waals surface area contributed by atoms with Gasteiger partial charge in [0.2, 0.25) is 0 Å². The molecule has 1 aliphatic heterocycles. The molecule has 6 heteroatoms. The second kappa shape index (κ2) is 7.38. The number of halogens is 2. The third kappa shape index (κ3) is 3.58. The normalized spacial score (nSPS) is 14.4. The first-order chi connectivity index (χ1) is 13.5. The van der Waals surface area contributed by atoms with Crippen molar-refractivity contribution < 1.29 is 18.4 Å². The average molecular weight is 380 g/mol. The van der Waals surface area contributed by atoms with E-state index in [4.69, 9.17) is 0 Å². The molecule has 0 atom stereocenters. The standard InChI is InChI=1S/C22H18F2N2O2/c23-19-12-18(13-20(24)14-19)22(28)26-9-7-25(8-10-26)21(27)17-6-5-15-3-1-2-4-16(15)11-17/h1-6,11-14H,7-10H2. The molecule has 0 saturated carbocycles. The molecule has 0 unspecified atom stereocenters. The third-order valence-electron chi connectivity index (χ3n) is 4.96. The second-order valence-corrected chi connectivity index (χ2v) is 6.80. The molecule has 3 aromatic carbocycles. The highest BCUT2D eigenvalue weighted by Crippen LogP contribution is 2.18. The van der Waals surface area contributed by atoms with E-state index in [0.717, 1.165) is 29.0 Å². The van der Waals surface area contributed by atoms with E-state index >= 15 is 0 Å². The van der Waals surface area contributed by atoms with Crippen LogP contribution in [0.25, 0.3) is 10.8 Å². The Morgan fingerprint density at radius 3 is 1.79 bits per heavy atom. The van der Waals surface area contributed by atoms with Gasteiger partial charge in [-0.2, -0.15) is 0 Å². The highest BCUT2D eigenvalue weighted by molar-refractivity contribution is 5.99. The summed E-state index contributed by atoms with van der Waals surface area (Å²) in [6.07, 6.45) is 0. The smallest absolute Gasteiger partial charge is 0.254 e. The zero-order valence-electron chi connectivity index (χ0n) is 15.1. The summed E-state index contributed by atoms with van der Waals surface area (Å²) in [5.41, 5.74) is 0.581. The molecule has 0 spiro atoms. The van der Waals surface area contributed by atoms with Crippen LogP contribution in [0.4, 0.5) is 8.78 Å². The number of fused-ring (bicyclic) bond motifs is 1. The highest BCUT2D eigenvalue weighted by atomic mass is 19.1. The number of nitrogens with zero attached hydrogens (tertiary/aromatic N) is 2. The Balaban J connectivity index is 1.44. The van der Waals surface area contributed by atoms with Crippen LogP contribution in [0.3, 0.4) is 0 Å². The molecule has 142 valence electrons. The van der Waals surface area contributed by atoms with Gasteiger partial charge in [-0.3, -0.25) is 9.59 Å². The summed E-state index contributed by atoms with van der Waals surface area (Å²) >= 11 is 0. The molecule has 0 aliphatic carbocycles. The minimum absolute atomic E-state index is 0.0215. The fourth-order valence-corrected chi connectivity index (χ4v) is 3.48. The Labute approximate surface area is 161 Å². The van der Waals surface area contributed by atoms with Crippen LogP contribution in [-0.2, 0) is 0 Å². The fourth-order valence-electron chi connectivity index (χ4n) is 3.48. The van der Waals surface area contributed by atoms with Crippen LogP contribution in [0.2, 0.25) is 0 Å². The van der Waals surface area contributed by atoms with Gasteiger partial charge in [0.1, 0.15) is 11.6 Å². The van der Waals surface area contributed by atoms with Crippen LogP contribution in [0.15, 0.2) is 60.7 Å². The van der Waals surface area contributed by atoms with Gasteiger partial charge in [-0.15, -0.1) is 0 Å². The summed E-state index contributed by atoms with van der Waals surface area (Å²) in [6.45, 7) is 1.37. The number of hydrogen-bond donors (Lipinski definition) is 0.